The zero-order chi connectivity index (χ0) is 20.8. The van der Waals surface area contributed by atoms with E-state index >= 15 is 0 Å². The fourth-order valence-corrected chi connectivity index (χ4v) is 2.98. The number of nitrogens with zero attached hydrogens (tertiary/aromatic N) is 1. The van der Waals surface area contributed by atoms with Crippen LogP contribution in [0.4, 0.5) is 5.69 Å². The molecule has 0 heterocycles. The predicted molar refractivity (Wildman–Crippen MR) is 115 cm³/mol. The van der Waals surface area contributed by atoms with Crippen LogP contribution in [-0.2, 0) is 11.3 Å². The number of para-hydroxylation sites is 1. The molecule has 3 rings (SSSR count). The quantitative estimate of drug-likeness (QED) is 0.592. The maximum Gasteiger partial charge on any atom is 0.265 e. The third-order valence-electron chi connectivity index (χ3n) is 4.20. The molecule has 0 aromatic heterocycles. The molecule has 0 fully saturated rings. The van der Waals surface area contributed by atoms with Crippen LogP contribution in [0, 0.1) is 0 Å². The minimum atomic E-state index is -0.622. The number of ether oxygens (including phenoxy) is 1. The molecule has 0 spiro atoms. The van der Waals surface area contributed by atoms with Gasteiger partial charge in [-0.2, -0.15) is 0 Å². The van der Waals surface area contributed by atoms with Crippen molar-refractivity contribution in [2.24, 2.45) is 5.73 Å². The Labute approximate surface area is 178 Å². The third-order valence-corrected chi connectivity index (χ3v) is 4.70. The summed E-state index contributed by atoms with van der Waals surface area (Å²) in [6, 6.07) is 20.7. The number of benzene rings is 3. The lowest BCUT2D eigenvalue weighted by Gasteiger charge is -2.23. The van der Waals surface area contributed by atoms with E-state index in [4.69, 9.17) is 33.7 Å². The maximum atomic E-state index is 13.0. The molecule has 148 valence electrons. The van der Waals surface area contributed by atoms with E-state index in [1.165, 1.54) is 0 Å². The first-order valence-corrected chi connectivity index (χ1v) is 9.51. The van der Waals surface area contributed by atoms with Crippen LogP contribution in [-0.4, -0.2) is 18.4 Å². The first-order valence-electron chi connectivity index (χ1n) is 8.76. The monoisotopic (exact) mass is 428 g/mol. The van der Waals surface area contributed by atoms with Crippen molar-refractivity contribution in [3.63, 3.8) is 0 Å². The molecule has 0 saturated carbocycles. The van der Waals surface area contributed by atoms with Crippen molar-refractivity contribution < 1.29 is 14.3 Å². The lowest BCUT2D eigenvalue weighted by atomic mass is 10.2. The first-order chi connectivity index (χ1) is 13.9. The Hall–Kier alpha value is -3.02. The number of rotatable bonds is 7. The average molecular weight is 429 g/mol. The molecule has 29 heavy (non-hydrogen) atoms. The van der Waals surface area contributed by atoms with Gasteiger partial charge in [0.2, 0.25) is 0 Å². The summed E-state index contributed by atoms with van der Waals surface area (Å²) in [5.41, 5.74) is 7.15. The van der Waals surface area contributed by atoms with Gasteiger partial charge in [-0.05, 0) is 54.1 Å². The summed E-state index contributed by atoms with van der Waals surface area (Å²) in [7, 11) is 0. The maximum absolute atomic E-state index is 13.0. The van der Waals surface area contributed by atoms with Crippen molar-refractivity contribution in [2.45, 2.75) is 6.54 Å². The van der Waals surface area contributed by atoms with Crippen molar-refractivity contribution in [3.05, 3.63) is 94.0 Å². The second kappa shape index (κ2) is 9.45. The summed E-state index contributed by atoms with van der Waals surface area (Å²) in [4.78, 5) is 26.1. The van der Waals surface area contributed by atoms with Gasteiger partial charge in [0, 0.05) is 15.7 Å². The number of primary amides is 1. The number of halogens is 2. The summed E-state index contributed by atoms with van der Waals surface area (Å²) >= 11 is 11.9. The zero-order valence-electron chi connectivity index (χ0n) is 15.3. The van der Waals surface area contributed by atoms with Crippen LogP contribution < -0.4 is 15.4 Å². The summed E-state index contributed by atoms with van der Waals surface area (Å²) in [6.45, 7) is 0.0545. The Balaban J connectivity index is 1.81. The first kappa shape index (κ1) is 20.7. The molecule has 2 N–H and O–H groups in total. The number of anilines is 1. The smallest absolute Gasteiger partial charge is 0.265 e. The molecule has 0 bridgehead atoms. The molecule has 3 aromatic carbocycles. The fraction of sp³-hybridized carbons (Fsp3) is 0.0909. The normalized spacial score (nSPS) is 10.4. The van der Waals surface area contributed by atoms with Crippen molar-refractivity contribution >= 4 is 40.7 Å². The molecule has 0 atom stereocenters. The number of carbonyl (C=O) groups is 2. The molecule has 0 radical (unpaired) electrons. The van der Waals surface area contributed by atoms with Crippen LogP contribution in [0.1, 0.15) is 15.9 Å². The molecular formula is C22H18Cl2N2O3. The molecule has 2 amide bonds. The summed E-state index contributed by atoms with van der Waals surface area (Å²) in [5.74, 6) is -0.652. The lowest BCUT2D eigenvalue weighted by Crippen LogP contribution is -2.34. The highest BCUT2D eigenvalue weighted by atomic mass is 35.5. The highest BCUT2D eigenvalue weighted by Crippen LogP contribution is 2.22. The molecule has 7 heteroatoms. The highest BCUT2D eigenvalue weighted by Gasteiger charge is 2.18. The predicted octanol–water partition coefficient (Wildman–Crippen LogP) is 4.70. The minimum Gasteiger partial charge on any atom is -0.483 e. The number of nitrogens with two attached hydrogens (primary N) is 1. The van der Waals surface area contributed by atoms with E-state index < -0.39 is 5.91 Å². The van der Waals surface area contributed by atoms with Gasteiger partial charge in [0.1, 0.15) is 5.75 Å². The Morgan fingerprint density at radius 1 is 0.862 bits per heavy atom. The summed E-state index contributed by atoms with van der Waals surface area (Å²) in [6.07, 6.45) is 0. The van der Waals surface area contributed by atoms with E-state index in [-0.39, 0.29) is 23.8 Å². The molecule has 0 aliphatic heterocycles. The molecule has 3 aromatic rings. The van der Waals surface area contributed by atoms with Crippen LogP contribution in [0.3, 0.4) is 0 Å². The van der Waals surface area contributed by atoms with Gasteiger partial charge in [-0.25, -0.2) is 0 Å². The molecule has 5 nitrogen and oxygen atoms in total. The van der Waals surface area contributed by atoms with E-state index in [9.17, 15) is 9.59 Å². The second-order valence-corrected chi connectivity index (χ2v) is 7.10. The van der Waals surface area contributed by atoms with Gasteiger partial charge in [-0.3, -0.25) is 9.59 Å². The van der Waals surface area contributed by atoms with Crippen LogP contribution in [0.5, 0.6) is 5.75 Å². The minimum absolute atomic E-state index is 0.219. The van der Waals surface area contributed by atoms with Crippen molar-refractivity contribution in [1.29, 1.82) is 0 Å². The van der Waals surface area contributed by atoms with Crippen LogP contribution >= 0.6 is 23.2 Å². The number of amides is 2. The van der Waals surface area contributed by atoms with Gasteiger partial charge in [0.05, 0.1) is 12.1 Å². The molecule has 0 aliphatic carbocycles. The highest BCUT2D eigenvalue weighted by molar-refractivity contribution is 6.30. The van der Waals surface area contributed by atoms with E-state index in [1.807, 2.05) is 12.1 Å². The van der Waals surface area contributed by atoms with Crippen molar-refractivity contribution in [2.75, 3.05) is 11.5 Å². The Morgan fingerprint density at radius 2 is 1.45 bits per heavy atom. The summed E-state index contributed by atoms with van der Waals surface area (Å²) < 4.78 is 5.60. The lowest BCUT2D eigenvalue weighted by molar-refractivity contribution is -0.120. The van der Waals surface area contributed by atoms with Crippen molar-refractivity contribution in [3.8, 4) is 5.75 Å². The number of hydrogen-bond acceptors (Lipinski definition) is 3. The fourth-order valence-electron chi connectivity index (χ4n) is 2.73. The van der Waals surface area contributed by atoms with E-state index in [0.717, 1.165) is 5.56 Å². The van der Waals surface area contributed by atoms with Crippen molar-refractivity contribution in [1.82, 2.24) is 0 Å². The summed E-state index contributed by atoms with van der Waals surface area (Å²) in [5, 5.41) is 1.18. The Kier molecular flexibility index (Phi) is 6.75. The number of hydrogen-bond donors (Lipinski definition) is 1. The van der Waals surface area contributed by atoms with Gasteiger partial charge >= 0.3 is 0 Å². The van der Waals surface area contributed by atoms with Crippen LogP contribution in [0.25, 0.3) is 0 Å². The topological polar surface area (TPSA) is 72.6 Å². The van der Waals surface area contributed by atoms with Gasteiger partial charge in [0.15, 0.2) is 6.61 Å². The number of carbonyl (C=O) groups excluding carboxylic acids is 2. The van der Waals surface area contributed by atoms with Crippen LogP contribution in [0.15, 0.2) is 72.8 Å². The second-order valence-electron chi connectivity index (χ2n) is 6.23. The SMILES string of the molecule is NC(=O)c1ccccc1OCC(=O)N(Cc1ccc(Cl)cc1)c1ccc(Cl)cc1. The van der Waals surface area contributed by atoms with Gasteiger partial charge in [0.25, 0.3) is 11.8 Å². The van der Waals surface area contributed by atoms with E-state index in [0.29, 0.717) is 22.3 Å². The molecule has 0 aliphatic rings. The zero-order valence-corrected chi connectivity index (χ0v) is 16.9. The van der Waals surface area contributed by atoms with E-state index in [1.54, 1.807) is 65.6 Å². The molecule has 0 saturated heterocycles. The average Bonchev–Trinajstić information content (AvgIpc) is 2.72. The van der Waals surface area contributed by atoms with Crippen LogP contribution in [0.2, 0.25) is 10.0 Å². The van der Waals surface area contributed by atoms with Gasteiger partial charge in [-0.1, -0.05) is 47.5 Å². The third kappa shape index (κ3) is 5.50. The van der Waals surface area contributed by atoms with Gasteiger partial charge < -0.3 is 15.4 Å². The molecule has 0 unspecified atom stereocenters. The van der Waals surface area contributed by atoms with Gasteiger partial charge in [-0.15, -0.1) is 0 Å². The van der Waals surface area contributed by atoms with E-state index in [2.05, 4.69) is 0 Å². The Morgan fingerprint density at radius 3 is 2.07 bits per heavy atom. The Bertz CT molecular complexity index is 1010. The molecular weight excluding hydrogens is 411 g/mol. The largest absolute Gasteiger partial charge is 0.483 e. The standard InChI is InChI=1S/C22H18Cl2N2O3/c23-16-7-5-15(6-8-16)13-26(18-11-9-17(24)10-12-18)21(27)14-29-20-4-2-1-3-19(20)22(25)28/h1-12H,13-14H2,(H2,25,28).